The maximum Gasteiger partial charge on any atom is 0.284 e. The summed E-state index contributed by atoms with van der Waals surface area (Å²) in [6, 6.07) is 4.85. The van der Waals surface area contributed by atoms with Crippen molar-refractivity contribution in [3.05, 3.63) is 38.2 Å². The van der Waals surface area contributed by atoms with E-state index < -0.39 is 4.92 Å². The number of hydrogen-bond donors (Lipinski definition) is 1. The molecule has 5 nitrogen and oxygen atoms in total. The Kier molecular flexibility index (Phi) is 2.88. The predicted molar refractivity (Wildman–Crippen MR) is 66.3 cm³/mol. The number of halogens is 1. The molecular weight excluding hydrogens is 294 g/mol. The molecule has 2 rings (SSSR count). The third kappa shape index (κ3) is 2.05. The maximum absolute atomic E-state index is 10.7. The third-order valence-electron chi connectivity index (χ3n) is 1.96. The van der Waals surface area contributed by atoms with Crippen molar-refractivity contribution in [1.82, 2.24) is 4.98 Å². The summed E-state index contributed by atoms with van der Waals surface area (Å²) >= 11 is 4.43. The van der Waals surface area contributed by atoms with Crippen LogP contribution < -0.4 is 5.73 Å². The Morgan fingerprint density at radius 1 is 1.50 bits per heavy atom. The van der Waals surface area contributed by atoms with Gasteiger partial charge in [0.2, 0.25) is 0 Å². The molecule has 7 heteroatoms. The zero-order chi connectivity index (χ0) is 11.7. The standard InChI is InChI=1S/C9H6BrN3O2S/c10-6-2-1-5(3-8(6)13(14)15)7-4-16-9(11)12-7/h1-4H,(H2,11,12). The molecule has 0 saturated carbocycles. The highest BCUT2D eigenvalue weighted by molar-refractivity contribution is 9.10. The number of nitro benzene ring substituents is 1. The molecule has 0 amide bonds. The number of hydrogen-bond acceptors (Lipinski definition) is 5. The molecule has 0 saturated heterocycles. The molecule has 0 fully saturated rings. The van der Waals surface area contributed by atoms with Crippen molar-refractivity contribution >= 4 is 38.1 Å². The molecule has 1 aromatic heterocycles. The fourth-order valence-electron chi connectivity index (χ4n) is 1.23. The summed E-state index contributed by atoms with van der Waals surface area (Å²) < 4.78 is 0.449. The number of nitrogen functional groups attached to an aromatic ring is 1. The van der Waals surface area contributed by atoms with E-state index in [1.807, 2.05) is 0 Å². The maximum atomic E-state index is 10.7. The van der Waals surface area contributed by atoms with Gasteiger partial charge in [-0.1, -0.05) is 6.07 Å². The molecule has 0 aliphatic carbocycles. The smallest absolute Gasteiger partial charge is 0.284 e. The first-order valence-corrected chi connectivity index (χ1v) is 5.90. The molecule has 0 spiro atoms. The lowest BCUT2D eigenvalue weighted by Crippen LogP contribution is -1.90. The Bertz CT molecular complexity index is 555. The molecule has 1 aromatic carbocycles. The molecule has 2 aromatic rings. The first-order chi connectivity index (χ1) is 7.58. The minimum absolute atomic E-state index is 0.0177. The van der Waals surface area contributed by atoms with Gasteiger partial charge in [-0.05, 0) is 22.0 Å². The first-order valence-electron chi connectivity index (χ1n) is 4.23. The van der Waals surface area contributed by atoms with Gasteiger partial charge in [0.05, 0.1) is 15.1 Å². The van der Waals surface area contributed by atoms with E-state index >= 15 is 0 Å². The fraction of sp³-hybridized carbons (Fsp3) is 0. The van der Waals surface area contributed by atoms with E-state index in [4.69, 9.17) is 5.73 Å². The summed E-state index contributed by atoms with van der Waals surface area (Å²) in [7, 11) is 0. The van der Waals surface area contributed by atoms with Gasteiger partial charge in [-0.15, -0.1) is 11.3 Å². The van der Waals surface area contributed by atoms with Crippen LogP contribution in [0.5, 0.6) is 0 Å². The van der Waals surface area contributed by atoms with Gasteiger partial charge in [-0.2, -0.15) is 0 Å². The van der Waals surface area contributed by atoms with Crippen LogP contribution in [-0.2, 0) is 0 Å². The number of nitrogens with two attached hydrogens (primary N) is 1. The average molecular weight is 300 g/mol. The lowest BCUT2D eigenvalue weighted by Gasteiger charge is -1.98. The second kappa shape index (κ2) is 4.18. The van der Waals surface area contributed by atoms with Crippen LogP contribution in [0.15, 0.2) is 28.1 Å². The Morgan fingerprint density at radius 3 is 2.81 bits per heavy atom. The van der Waals surface area contributed by atoms with Crippen LogP contribution in [0.3, 0.4) is 0 Å². The SMILES string of the molecule is Nc1nc(-c2ccc(Br)c([N+](=O)[O-])c2)cs1. The number of benzene rings is 1. The molecule has 0 aliphatic rings. The van der Waals surface area contributed by atoms with E-state index in [0.29, 0.717) is 20.9 Å². The number of thiazole rings is 1. The summed E-state index contributed by atoms with van der Waals surface area (Å²) in [5.41, 5.74) is 6.86. The van der Waals surface area contributed by atoms with Gasteiger partial charge in [0.1, 0.15) is 0 Å². The highest BCUT2D eigenvalue weighted by Crippen LogP contribution is 2.31. The predicted octanol–water partition coefficient (Wildman–Crippen LogP) is 3.06. The second-order valence-corrected chi connectivity index (χ2v) is 4.74. The van der Waals surface area contributed by atoms with Crippen LogP contribution in [0.4, 0.5) is 10.8 Å². The summed E-state index contributed by atoms with van der Waals surface area (Å²) in [5.74, 6) is 0. The zero-order valence-electron chi connectivity index (χ0n) is 7.88. The molecule has 0 aliphatic heterocycles. The Balaban J connectivity index is 2.51. The van der Waals surface area contributed by atoms with Crippen molar-refractivity contribution in [2.75, 3.05) is 5.73 Å². The number of rotatable bonds is 2. The Hall–Kier alpha value is -1.47. The van der Waals surface area contributed by atoms with Crippen LogP contribution in [0.2, 0.25) is 0 Å². The molecular formula is C9H6BrN3O2S. The molecule has 0 bridgehead atoms. The van der Waals surface area contributed by atoms with Gasteiger partial charge in [0, 0.05) is 17.0 Å². The minimum Gasteiger partial charge on any atom is -0.375 e. The third-order valence-corrected chi connectivity index (χ3v) is 3.31. The van der Waals surface area contributed by atoms with Crippen molar-refractivity contribution in [2.24, 2.45) is 0 Å². The van der Waals surface area contributed by atoms with Crippen molar-refractivity contribution in [2.45, 2.75) is 0 Å². The largest absolute Gasteiger partial charge is 0.375 e. The van der Waals surface area contributed by atoms with Crippen molar-refractivity contribution in [3.8, 4) is 11.3 Å². The van der Waals surface area contributed by atoms with Crippen molar-refractivity contribution in [1.29, 1.82) is 0 Å². The highest BCUT2D eigenvalue weighted by Gasteiger charge is 2.14. The summed E-state index contributed by atoms with van der Waals surface area (Å²) in [6.45, 7) is 0. The van der Waals surface area contributed by atoms with Gasteiger partial charge < -0.3 is 5.73 Å². The average Bonchev–Trinajstić information content (AvgIpc) is 2.65. The van der Waals surface area contributed by atoms with Gasteiger partial charge in [0.25, 0.3) is 5.69 Å². The van der Waals surface area contributed by atoms with E-state index in [-0.39, 0.29) is 5.69 Å². The fourth-order valence-corrected chi connectivity index (χ4v) is 2.20. The Morgan fingerprint density at radius 2 is 2.25 bits per heavy atom. The highest BCUT2D eigenvalue weighted by atomic mass is 79.9. The van der Waals surface area contributed by atoms with Crippen molar-refractivity contribution < 1.29 is 4.92 Å². The van der Waals surface area contributed by atoms with E-state index in [1.165, 1.54) is 17.4 Å². The molecule has 2 N–H and O–H groups in total. The molecule has 0 atom stereocenters. The lowest BCUT2D eigenvalue weighted by atomic mass is 10.1. The van der Waals surface area contributed by atoms with E-state index in [0.717, 1.165) is 0 Å². The zero-order valence-corrected chi connectivity index (χ0v) is 10.3. The molecule has 82 valence electrons. The van der Waals surface area contributed by atoms with Gasteiger partial charge >= 0.3 is 0 Å². The molecule has 1 heterocycles. The van der Waals surface area contributed by atoms with Crippen LogP contribution >= 0.6 is 27.3 Å². The molecule has 16 heavy (non-hydrogen) atoms. The topological polar surface area (TPSA) is 82.0 Å². The number of anilines is 1. The van der Waals surface area contributed by atoms with Crippen LogP contribution in [0.1, 0.15) is 0 Å². The van der Waals surface area contributed by atoms with E-state index in [2.05, 4.69) is 20.9 Å². The summed E-state index contributed by atoms with van der Waals surface area (Å²) in [5, 5.41) is 13.0. The van der Waals surface area contributed by atoms with Crippen molar-refractivity contribution in [3.63, 3.8) is 0 Å². The molecule has 0 radical (unpaired) electrons. The summed E-state index contributed by atoms with van der Waals surface area (Å²) in [4.78, 5) is 14.4. The lowest BCUT2D eigenvalue weighted by molar-refractivity contribution is -0.385. The van der Waals surface area contributed by atoms with Crippen LogP contribution in [-0.4, -0.2) is 9.91 Å². The van der Waals surface area contributed by atoms with E-state index in [1.54, 1.807) is 17.5 Å². The van der Waals surface area contributed by atoms with E-state index in [9.17, 15) is 10.1 Å². The van der Waals surface area contributed by atoms with Gasteiger partial charge in [-0.25, -0.2) is 4.98 Å². The normalized spacial score (nSPS) is 10.3. The number of nitrogens with zero attached hydrogens (tertiary/aromatic N) is 2. The number of nitro groups is 1. The summed E-state index contributed by atoms with van der Waals surface area (Å²) in [6.07, 6.45) is 0. The van der Waals surface area contributed by atoms with Gasteiger partial charge in [0.15, 0.2) is 5.13 Å². The Labute approximate surface area is 103 Å². The monoisotopic (exact) mass is 299 g/mol. The molecule has 0 unspecified atom stereocenters. The second-order valence-electron chi connectivity index (χ2n) is 2.99. The quantitative estimate of drug-likeness (QED) is 0.682. The van der Waals surface area contributed by atoms with Crippen LogP contribution in [0, 0.1) is 10.1 Å². The minimum atomic E-state index is -0.441. The van der Waals surface area contributed by atoms with Gasteiger partial charge in [-0.3, -0.25) is 10.1 Å². The first kappa shape index (κ1) is 11.0. The number of aromatic nitrogens is 1. The van der Waals surface area contributed by atoms with Crippen LogP contribution in [0.25, 0.3) is 11.3 Å².